The van der Waals surface area contributed by atoms with Gasteiger partial charge in [0.1, 0.15) is 12.1 Å². The van der Waals surface area contributed by atoms with Crippen LogP contribution in [-0.4, -0.2) is 65.3 Å². The van der Waals surface area contributed by atoms with E-state index in [4.69, 9.17) is 4.52 Å². The Kier molecular flexibility index (Phi) is 4.42. The zero-order chi connectivity index (χ0) is 18.1. The average molecular weight is 353 g/mol. The monoisotopic (exact) mass is 353 g/mol. The summed E-state index contributed by atoms with van der Waals surface area (Å²) >= 11 is 0. The number of rotatable bonds is 4. The second-order valence-corrected chi connectivity index (χ2v) is 6.77. The molecule has 0 amide bonds. The molecule has 8 nitrogen and oxygen atoms in total. The van der Waals surface area contributed by atoms with Crippen LogP contribution >= 0.6 is 0 Å². The van der Waals surface area contributed by atoms with Crippen molar-refractivity contribution in [1.82, 2.24) is 25.0 Å². The third kappa shape index (κ3) is 3.08. The van der Waals surface area contributed by atoms with Crippen LogP contribution in [0, 0.1) is 0 Å². The first-order valence-corrected chi connectivity index (χ1v) is 8.81. The van der Waals surface area contributed by atoms with Crippen LogP contribution in [0.2, 0.25) is 0 Å². The zero-order valence-electron chi connectivity index (χ0n) is 15.3. The number of aromatic nitrogens is 4. The van der Waals surface area contributed by atoms with Crippen LogP contribution in [0.5, 0.6) is 0 Å². The lowest BCUT2D eigenvalue weighted by Gasteiger charge is -2.38. The topological polar surface area (TPSA) is 74.4 Å². The molecule has 1 atom stereocenters. The molecule has 3 heterocycles. The van der Waals surface area contributed by atoms with Crippen LogP contribution in [-0.2, 0) is 0 Å². The van der Waals surface area contributed by atoms with E-state index in [0.717, 1.165) is 42.9 Å². The van der Waals surface area contributed by atoms with Gasteiger partial charge in [-0.25, -0.2) is 9.97 Å². The molecule has 0 saturated carbocycles. The molecule has 1 aliphatic heterocycles. The minimum Gasteiger partial charge on any atom is -0.369 e. The first-order valence-electron chi connectivity index (χ1n) is 8.81. The minimum absolute atomic E-state index is 0.144. The first-order chi connectivity index (χ1) is 12.6. The molecule has 1 unspecified atom stereocenters. The van der Waals surface area contributed by atoms with E-state index >= 15 is 0 Å². The second-order valence-electron chi connectivity index (χ2n) is 6.77. The summed E-state index contributed by atoms with van der Waals surface area (Å²) < 4.78 is 5.21. The third-order valence-corrected chi connectivity index (χ3v) is 4.98. The van der Waals surface area contributed by atoms with E-state index in [1.165, 1.54) is 12.0 Å². The molecule has 1 saturated heterocycles. The Bertz CT molecular complexity index is 872. The van der Waals surface area contributed by atoms with E-state index in [1.807, 2.05) is 19.0 Å². The van der Waals surface area contributed by atoms with Crippen molar-refractivity contribution >= 4 is 22.4 Å². The second kappa shape index (κ2) is 6.87. The summed E-state index contributed by atoms with van der Waals surface area (Å²) in [6.07, 6.45) is 3.08. The van der Waals surface area contributed by atoms with Gasteiger partial charge in [0.05, 0.1) is 11.6 Å². The van der Waals surface area contributed by atoms with Crippen molar-refractivity contribution in [2.24, 2.45) is 0 Å². The van der Waals surface area contributed by atoms with Gasteiger partial charge in [-0.05, 0) is 25.1 Å². The lowest BCUT2D eigenvalue weighted by molar-refractivity contribution is 0.164. The Labute approximate surface area is 152 Å². The van der Waals surface area contributed by atoms with Crippen LogP contribution in [0.4, 0.5) is 11.5 Å². The molecule has 136 valence electrons. The van der Waals surface area contributed by atoms with Crippen LogP contribution in [0.1, 0.15) is 18.9 Å². The lowest BCUT2D eigenvalue weighted by atomic mass is 10.1. The van der Waals surface area contributed by atoms with Gasteiger partial charge in [0.2, 0.25) is 5.89 Å². The largest absolute Gasteiger partial charge is 0.369 e. The molecule has 1 fully saturated rings. The fraction of sp³-hybridized carbons (Fsp3) is 0.444. The normalized spacial score (nSPS) is 16.8. The molecular weight excluding hydrogens is 330 g/mol. The Morgan fingerprint density at radius 3 is 2.54 bits per heavy atom. The molecule has 0 bridgehead atoms. The van der Waals surface area contributed by atoms with Crippen LogP contribution in [0.15, 0.2) is 35.4 Å². The molecule has 1 aliphatic rings. The summed E-state index contributed by atoms with van der Waals surface area (Å²) in [7, 11) is 4.01. The van der Waals surface area contributed by atoms with Gasteiger partial charge in [0, 0.05) is 51.3 Å². The summed E-state index contributed by atoms with van der Waals surface area (Å²) in [6, 6.07) is 6.56. The van der Waals surface area contributed by atoms with Crippen molar-refractivity contribution in [3.63, 3.8) is 0 Å². The average Bonchev–Trinajstić information content (AvgIpc) is 3.21. The number of hydrogen-bond donors (Lipinski definition) is 0. The maximum atomic E-state index is 5.21. The Morgan fingerprint density at radius 1 is 1.04 bits per heavy atom. The summed E-state index contributed by atoms with van der Waals surface area (Å²) in [5.41, 5.74) is 2.18. The van der Waals surface area contributed by atoms with Crippen molar-refractivity contribution in [1.29, 1.82) is 0 Å². The lowest BCUT2D eigenvalue weighted by Crippen LogP contribution is -2.47. The Morgan fingerprint density at radius 2 is 1.85 bits per heavy atom. The first kappa shape index (κ1) is 16.7. The molecule has 0 N–H and O–H groups in total. The number of nitrogens with zero attached hydrogens (tertiary/aromatic N) is 7. The van der Waals surface area contributed by atoms with Gasteiger partial charge >= 0.3 is 0 Å². The molecule has 0 spiro atoms. The van der Waals surface area contributed by atoms with Crippen molar-refractivity contribution in [2.75, 3.05) is 50.1 Å². The van der Waals surface area contributed by atoms with E-state index in [-0.39, 0.29) is 6.04 Å². The molecule has 1 aromatic carbocycles. The molecule has 8 heteroatoms. The molecule has 26 heavy (non-hydrogen) atoms. The van der Waals surface area contributed by atoms with E-state index in [1.54, 1.807) is 6.33 Å². The molecule has 4 rings (SSSR count). The van der Waals surface area contributed by atoms with Gasteiger partial charge in [-0.3, -0.25) is 4.90 Å². The SMILES string of the molecule is CC(c1ncno1)N1CCN(c2ccc3ncnc(N(C)C)c3c2)CC1. The van der Waals surface area contributed by atoms with E-state index < -0.39 is 0 Å². The van der Waals surface area contributed by atoms with Crippen molar-refractivity contribution in [3.05, 3.63) is 36.7 Å². The number of piperazine rings is 1. The Hall–Kier alpha value is -2.74. The highest BCUT2D eigenvalue weighted by Gasteiger charge is 2.25. The van der Waals surface area contributed by atoms with E-state index in [0.29, 0.717) is 5.89 Å². The maximum Gasteiger partial charge on any atom is 0.243 e. The molecule has 3 aromatic rings. The predicted octanol–water partition coefficient (Wildman–Crippen LogP) is 1.96. The summed E-state index contributed by atoms with van der Waals surface area (Å²) in [4.78, 5) is 19.8. The van der Waals surface area contributed by atoms with Gasteiger partial charge in [-0.1, -0.05) is 5.16 Å². The fourth-order valence-corrected chi connectivity index (χ4v) is 3.47. The summed E-state index contributed by atoms with van der Waals surface area (Å²) in [5, 5.41) is 4.79. The van der Waals surface area contributed by atoms with Crippen LogP contribution in [0.3, 0.4) is 0 Å². The van der Waals surface area contributed by atoms with Gasteiger partial charge < -0.3 is 14.3 Å². The molecular formula is C18H23N7O. The zero-order valence-corrected chi connectivity index (χ0v) is 15.3. The predicted molar refractivity (Wildman–Crippen MR) is 100 cm³/mol. The summed E-state index contributed by atoms with van der Waals surface area (Å²) in [6.45, 7) is 5.92. The van der Waals surface area contributed by atoms with E-state index in [9.17, 15) is 0 Å². The quantitative estimate of drug-likeness (QED) is 0.705. The fourth-order valence-electron chi connectivity index (χ4n) is 3.47. The highest BCUT2D eigenvalue weighted by Crippen LogP contribution is 2.28. The van der Waals surface area contributed by atoms with Gasteiger partial charge in [0.15, 0.2) is 6.33 Å². The highest BCUT2D eigenvalue weighted by atomic mass is 16.5. The van der Waals surface area contributed by atoms with Gasteiger partial charge in [-0.2, -0.15) is 4.98 Å². The smallest absolute Gasteiger partial charge is 0.243 e. The van der Waals surface area contributed by atoms with Crippen molar-refractivity contribution < 1.29 is 4.52 Å². The van der Waals surface area contributed by atoms with Crippen molar-refractivity contribution in [2.45, 2.75) is 13.0 Å². The molecule has 0 aliphatic carbocycles. The number of hydrogen-bond acceptors (Lipinski definition) is 8. The van der Waals surface area contributed by atoms with Gasteiger partial charge in [-0.15, -0.1) is 0 Å². The molecule has 2 aromatic heterocycles. The van der Waals surface area contributed by atoms with Crippen molar-refractivity contribution in [3.8, 4) is 0 Å². The number of anilines is 2. The van der Waals surface area contributed by atoms with Crippen LogP contribution < -0.4 is 9.80 Å². The maximum absolute atomic E-state index is 5.21. The van der Waals surface area contributed by atoms with Gasteiger partial charge in [0.25, 0.3) is 0 Å². The highest BCUT2D eigenvalue weighted by molar-refractivity contribution is 5.91. The summed E-state index contributed by atoms with van der Waals surface area (Å²) in [5.74, 6) is 1.62. The number of fused-ring (bicyclic) bond motifs is 1. The third-order valence-electron chi connectivity index (χ3n) is 4.98. The standard InChI is InChI=1S/C18H23N7O/c1-13(18-21-12-22-26-18)24-6-8-25(9-7-24)14-4-5-16-15(10-14)17(23(2)3)20-11-19-16/h4-5,10-13H,6-9H2,1-3H3. The molecule has 0 radical (unpaired) electrons. The number of benzene rings is 1. The van der Waals surface area contributed by atoms with Crippen LogP contribution in [0.25, 0.3) is 10.9 Å². The Balaban J connectivity index is 1.51. The minimum atomic E-state index is 0.144. The van der Waals surface area contributed by atoms with E-state index in [2.05, 4.69) is 55.0 Å².